The number of carbonyl (C=O) groups excluding carboxylic acids is 1. The van der Waals surface area contributed by atoms with Gasteiger partial charge in [-0.1, -0.05) is 18.7 Å². The van der Waals surface area contributed by atoms with Gasteiger partial charge >= 0.3 is 0 Å². The summed E-state index contributed by atoms with van der Waals surface area (Å²) in [6.45, 7) is 2.97. The van der Waals surface area contributed by atoms with E-state index in [2.05, 4.69) is 26.6 Å². The highest BCUT2D eigenvalue weighted by Gasteiger charge is 2.29. The highest BCUT2D eigenvalue weighted by molar-refractivity contribution is 7.99. The molecule has 2 atom stereocenters. The van der Waals surface area contributed by atoms with Crippen LogP contribution >= 0.6 is 11.8 Å². The zero-order chi connectivity index (χ0) is 19.1. The van der Waals surface area contributed by atoms with Gasteiger partial charge in [0.05, 0.1) is 36.6 Å². The van der Waals surface area contributed by atoms with Gasteiger partial charge in [0.1, 0.15) is 17.7 Å². The highest BCUT2D eigenvalue weighted by atomic mass is 32.2. The molecule has 0 unspecified atom stereocenters. The normalized spacial score (nSPS) is 19.3. The Hall–Kier alpha value is -2.57. The number of nitriles is 1. The van der Waals surface area contributed by atoms with Crippen LogP contribution < -0.4 is 10.1 Å². The number of aromatic amines is 1. The van der Waals surface area contributed by atoms with Crippen LogP contribution in [0.15, 0.2) is 29.4 Å². The van der Waals surface area contributed by atoms with Crippen LogP contribution in [-0.4, -0.2) is 52.2 Å². The second-order valence-corrected chi connectivity index (χ2v) is 6.98. The number of nitrogens with one attached hydrogen (secondary N) is 2. The number of hydrogen-bond donors (Lipinski definition) is 2. The lowest BCUT2D eigenvalue weighted by Gasteiger charge is -2.32. The fraction of sp³-hybridized carbons (Fsp3) is 0.444. The van der Waals surface area contributed by atoms with Gasteiger partial charge in [0, 0.05) is 12.8 Å². The molecule has 0 aliphatic carbocycles. The molecule has 1 aliphatic rings. The van der Waals surface area contributed by atoms with Gasteiger partial charge in [0.15, 0.2) is 0 Å². The van der Waals surface area contributed by atoms with Crippen molar-refractivity contribution in [2.24, 2.45) is 0 Å². The van der Waals surface area contributed by atoms with E-state index in [-0.39, 0.29) is 23.8 Å². The Morgan fingerprint density at radius 3 is 3.00 bits per heavy atom. The van der Waals surface area contributed by atoms with Crippen LogP contribution in [0.25, 0.3) is 0 Å². The fourth-order valence-corrected chi connectivity index (χ4v) is 3.28. The Morgan fingerprint density at radius 1 is 1.48 bits per heavy atom. The molecule has 1 aromatic heterocycles. The second kappa shape index (κ2) is 9.39. The molecule has 27 heavy (non-hydrogen) atoms. The molecule has 2 N–H and O–H groups in total. The summed E-state index contributed by atoms with van der Waals surface area (Å²) in [5.74, 6) is 1.57. The molecule has 8 nitrogen and oxygen atoms in total. The molecular formula is C18H21N5O3S. The summed E-state index contributed by atoms with van der Waals surface area (Å²) in [7, 11) is 0. The first-order valence-corrected chi connectivity index (χ1v) is 9.74. The number of aromatic nitrogens is 3. The molecule has 0 bridgehead atoms. The van der Waals surface area contributed by atoms with E-state index in [1.807, 2.05) is 6.92 Å². The minimum absolute atomic E-state index is 0.119. The van der Waals surface area contributed by atoms with Gasteiger partial charge in [-0.3, -0.25) is 9.89 Å². The Morgan fingerprint density at radius 2 is 2.30 bits per heavy atom. The molecule has 3 rings (SSSR count). The fourth-order valence-electron chi connectivity index (χ4n) is 2.66. The summed E-state index contributed by atoms with van der Waals surface area (Å²) in [5, 5.41) is 19.3. The summed E-state index contributed by atoms with van der Waals surface area (Å²) in [4.78, 5) is 16.6. The third-order valence-corrected chi connectivity index (χ3v) is 4.94. The van der Waals surface area contributed by atoms with E-state index < -0.39 is 0 Å². The summed E-state index contributed by atoms with van der Waals surface area (Å²) in [6.07, 6.45) is 1.27. The van der Waals surface area contributed by atoms with Gasteiger partial charge in [-0.25, -0.2) is 4.98 Å². The van der Waals surface area contributed by atoms with Gasteiger partial charge in [-0.05, 0) is 24.3 Å². The Labute approximate surface area is 161 Å². The van der Waals surface area contributed by atoms with Crippen LogP contribution in [0.3, 0.4) is 0 Å². The quantitative estimate of drug-likeness (QED) is 0.695. The zero-order valence-electron chi connectivity index (χ0n) is 15.0. The highest BCUT2D eigenvalue weighted by Crippen LogP contribution is 2.19. The van der Waals surface area contributed by atoms with E-state index in [1.165, 1.54) is 11.8 Å². The topological polar surface area (TPSA) is 113 Å². The molecule has 2 aromatic rings. The molecule has 1 aliphatic heterocycles. The standard InChI is InChI=1S/C18H21N5O3S/c1-2-16-21-18(23-22-16)27-11-17(24)20-14-10-25-8-7-15(14)26-13-5-3-12(9-19)4-6-13/h3-6,14-15H,2,7-8,10-11H2,1H3,(H,20,24)(H,21,22,23)/t14-,15-/m1/s1. The lowest BCUT2D eigenvalue weighted by atomic mass is 10.1. The number of amides is 1. The first-order chi connectivity index (χ1) is 13.2. The Bertz CT molecular complexity index is 802. The van der Waals surface area contributed by atoms with Crippen molar-refractivity contribution in [3.63, 3.8) is 0 Å². The SMILES string of the molecule is CCc1nc(SCC(=O)N[C@@H]2COCC[C@H]2Oc2ccc(C#N)cc2)n[nH]1. The van der Waals surface area contributed by atoms with Crippen molar-refractivity contribution in [3.8, 4) is 11.8 Å². The molecule has 0 radical (unpaired) electrons. The largest absolute Gasteiger partial charge is 0.488 e. The summed E-state index contributed by atoms with van der Waals surface area (Å²) < 4.78 is 11.5. The van der Waals surface area contributed by atoms with Gasteiger partial charge < -0.3 is 14.8 Å². The maximum Gasteiger partial charge on any atom is 0.230 e. The van der Waals surface area contributed by atoms with Crippen molar-refractivity contribution in [1.82, 2.24) is 20.5 Å². The van der Waals surface area contributed by atoms with Crippen LogP contribution in [0.4, 0.5) is 0 Å². The summed E-state index contributed by atoms with van der Waals surface area (Å²) >= 11 is 1.28. The third kappa shape index (κ3) is 5.45. The van der Waals surface area contributed by atoms with E-state index in [9.17, 15) is 4.79 Å². The third-order valence-electron chi connectivity index (χ3n) is 4.09. The molecule has 9 heteroatoms. The lowest BCUT2D eigenvalue weighted by Crippen LogP contribution is -2.52. The molecule has 1 aromatic carbocycles. The van der Waals surface area contributed by atoms with Crippen molar-refractivity contribution in [3.05, 3.63) is 35.7 Å². The molecule has 2 heterocycles. The van der Waals surface area contributed by atoms with Crippen molar-refractivity contribution < 1.29 is 14.3 Å². The maximum absolute atomic E-state index is 12.3. The number of ether oxygens (including phenoxy) is 2. The summed E-state index contributed by atoms with van der Waals surface area (Å²) in [5.41, 5.74) is 0.578. The number of rotatable bonds is 7. The smallest absolute Gasteiger partial charge is 0.230 e. The van der Waals surface area contributed by atoms with Crippen LogP contribution in [0.2, 0.25) is 0 Å². The molecule has 1 saturated heterocycles. The van der Waals surface area contributed by atoms with Crippen molar-refractivity contribution in [2.75, 3.05) is 19.0 Å². The van der Waals surface area contributed by atoms with E-state index in [0.29, 0.717) is 36.1 Å². The second-order valence-electron chi connectivity index (χ2n) is 6.04. The van der Waals surface area contributed by atoms with Crippen molar-refractivity contribution in [2.45, 2.75) is 37.1 Å². The van der Waals surface area contributed by atoms with Crippen LogP contribution in [0.1, 0.15) is 24.7 Å². The Kier molecular flexibility index (Phi) is 6.68. The Balaban J connectivity index is 1.52. The first kappa shape index (κ1) is 19.2. The van der Waals surface area contributed by atoms with Crippen LogP contribution in [0.5, 0.6) is 5.75 Å². The number of hydrogen-bond acceptors (Lipinski definition) is 7. The predicted molar refractivity (Wildman–Crippen MR) is 99.4 cm³/mol. The molecule has 1 amide bonds. The van der Waals surface area contributed by atoms with Gasteiger partial charge in [-0.15, -0.1) is 5.10 Å². The zero-order valence-corrected chi connectivity index (χ0v) is 15.8. The molecular weight excluding hydrogens is 366 g/mol. The van der Waals surface area contributed by atoms with Gasteiger partial charge in [-0.2, -0.15) is 5.26 Å². The van der Waals surface area contributed by atoms with Crippen molar-refractivity contribution >= 4 is 17.7 Å². The average molecular weight is 387 g/mol. The number of benzene rings is 1. The number of thioether (sulfide) groups is 1. The average Bonchev–Trinajstić information content (AvgIpc) is 3.17. The predicted octanol–water partition coefficient (Wildman–Crippen LogP) is 1.68. The van der Waals surface area contributed by atoms with Crippen LogP contribution in [0, 0.1) is 11.3 Å². The van der Waals surface area contributed by atoms with E-state index in [0.717, 1.165) is 12.2 Å². The van der Waals surface area contributed by atoms with E-state index >= 15 is 0 Å². The monoisotopic (exact) mass is 387 g/mol. The molecule has 0 saturated carbocycles. The maximum atomic E-state index is 12.3. The number of H-pyrrole nitrogens is 1. The molecule has 1 fully saturated rings. The summed E-state index contributed by atoms with van der Waals surface area (Å²) in [6, 6.07) is 8.78. The number of aryl methyl sites for hydroxylation is 1. The number of nitrogens with zero attached hydrogens (tertiary/aromatic N) is 3. The van der Waals surface area contributed by atoms with Gasteiger partial charge in [0.2, 0.25) is 11.1 Å². The molecule has 142 valence electrons. The molecule has 0 spiro atoms. The minimum Gasteiger partial charge on any atom is -0.488 e. The van der Waals surface area contributed by atoms with E-state index in [4.69, 9.17) is 14.7 Å². The first-order valence-electron chi connectivity index (χ1n) is 8.76. The van der Waals surface area contributed by atoms with Crippen LogP contribution in [-0.2, 0) is 16.0 Å². The number of carbonyl (C=O) groups is 1. The minimum atomic E-state index is -0.235. The lowest BCUT2D eigenvalue weighted by molar-refractivity contribution is -0.121. The van der Waals surface area contributed by atoms with Gasteiger partial charge in [0.25, 0.3) is 0 Å². The van der Waals surface area contributed by atoms with E-state index in [1.54, 1.807) is 24.3 Å². The van der Waals surface area contributed by atoms with Crippen molar-refractivity contribution in [1.29, 1.82) is 5.26 Å².